The van der Waals surface area contributed by atoms with E-state index >= 15 is 4.39 Å². The van der Waals surface area contributed by atoms with E-state index in [0.29, 0.717) is 48.6 Å². The van der Waals surface area contributed by atoms with E-state index in [0.717, 1.165) is 35.9 Å². The quantitative estimate of drug-likeness (QED) is 0.160. The van der Waals surface area contributed by atoms with Crippen molar-refractivity contribution in [3.05, 3.63) is 83.6 Å². The van der Waals surface area contributed by atoms with Crippen LogP contribution in [-0.2, 0) is 19.0 Å². The van der Waals surface area contributed by atoms with Gasteiger partial charge in [0.1, 0.15) is 28.8 Å². The number of anilines is 1. The second-order valence-electron chi connectivity index (χ2n) is 14.3. The van der Waals surface area contributed by atoms with E-state index in [2.05, 4.69) is 11.8 Å². The Morgan fingerprint density at radius 3 is 2.53 bits per heavy atom. The Kier molecular flexibility index (Phi) is 9.57. The number of rotatable bonds is 3. The van der Waals surface area contributed by atoms with Crippen LogP contribution in [0.1, 0.15) is 71.1 Å². The lowest BCUT2D eigenvalue weighted by Gasteiger charge is -2.41. The molecule has 0 aliphatic carbocycles. The van der Waals surface area contributed by atoms with Crippen LogP contribution in [-0.4, -0.2) is 59.5 Å². The van der Waals surface area contributed by atoms with Gasteiger partial charge in [0, 0.05) is 49.0 Å². The van der Waals surface area contributed by atoms with Crippen molar-refractivity contribution in [3.63, 3.8) is 0 Å². The van der Waals surface area contributed by atoms with Gasteiger partial charge in [0.25, 0.3) is 0 Å². The first-order valence-corrected chi connectivity index (χ1v) is 16.8. The summed E-state index contributed by atoms with van der Waals surface area (Å²) in [5, 5.41) is 0. The second-order valence-corrected chi connectivity index (χ2v) is 14.3. The van der Waals surface area contributed by atoms with Gasteiger partial charge in [-0.1, -0.05) is 30.4 Å². The van der Waals surface area contributed by atoms with E-state index in [-0.39, 0.29) is 23.0 Å². The van der Waals surface area contributed by atoms with E-state index in [1.54, 1.807) is 6.07 Å². The summed E-state index contributed by atoms with van der Waals surface area (Å²) in [5.41, 5.74) is 3.33. The number of benzene rings is 2. The molecule has 2 atom stereocenters. The summed E-state index contributed by atoms with van der Waals surface area (Å²) in [7, 11) is 1.37. The molecule has 1 fully saturated rings. The number of imidazole rings is 1. The van der Waals surface area contributed by atoms with Gasteiger partial charge in [-0.3, -0.25) is 4.40 Å². The van der Waals surface area contributed by atoms with Crippen LogP contribution in [0, 0.1) is 18.6 Å². The molecule has 0 saturated carbocycles. The monoisotopic (exact) mass is 673 g/mol. The van der Waals surface area contributed by atoms with E-state index in [1.807, 2.05) is 81.6 Å². The number of nitrogens with zero attached hydrogens (tertiary/aromatic N) is 3. The maximum absolute atomic E-state index is 15.5. The lowest BCUT2D eigenvalue weighted by Crippen LogP contribution is -2.45. The Labute approximate surface area is 286 Å². The molecule has 5 heterocycles. The molecule has 7 rings (SSSR count). The average molecular weight is 674 g/mol. The van der Waals surface area contributed by atoms with Crippen LogP contribution in [0.3, 0.4) is 0 Å². The Hall–Kier alpha value is -4.28. The van der Waals surface area contributed by atoms with E-state index in [1.165, 1.54) is 13.2 Å². The number of piperidine rings is 1. The summed E-state index contributed by atoms with van der Waals surface area (Å²) in [6.07, 6.45) is 6.61. The molecule has 3 aliphatic heterocycles. The molecule has 0 radical (unpaired) electrons. The number of methoxy groups -OCH3 is 1. The summed E-state index contributed by atoms with van der Waals surface area (Å²) in [6, 6.07) is 11.4. The molecule has 4 aromatic rings. The van der Waals surface area contributed by atoms with Crippen LogP contribution in [0.25, 0.3) is 28.0 Å². The van der Waals surface area contributed by atoms with Gasteiger partial charge in [0.2, 0.25) is 0 Å². The zero-order valence-electron chi connectivity index (χ0n) is 29.3. The van der Waals surface area contributed by atoms with Crippen molar-refractivity contribution in [1.29, 1.82) is 0 Å². The first-order chi connectivity index (χ1) is 23.2. The average Bonchev–Trinajstić information content (AvgIpc) is 3.46. The standard InChI is InChI=1S/C39H45F2N3O5/c1-24-19-32-42-30-23-44(32)36(33(24)35(37(45)46-7)49-38(3,4)5)43-16-14-39(6,15-17-43)47-18-9-8-11-25(2)48-31-22-28(40)21-29(41)34(31)27-13-10-12-26(30)20-27/h8-10,12-13,19-23,25,35H,11,14-18H2,1-7H3/t25-,35-/m0/s1. The number of hydrogen-bond donors (Lipinski definition) is 0. The Morgan fingerprint density at radius 1 is 1.08 bits per heavy atom. The highest BCUT2D eigenvalue weighted by Crippen LogP contribution is 2.41. The van der Waals surface area contributed by atoms with Crippen LogP contribution in [0.15, 0.2) is 60.8 Å². The topological polar surface area (TPSA) is 74.5 Å². The lowest BCUT2D eigenvalue weighted by atomic mass is 9.92. The molecule has 49 heavy (non-hydrogen) atoms. The first kappa shape index (κ1) is 34.6. The van der Waals surface area contributed by atoms with Crippen molar-refractivity contribution in [1.82, 2.24) is 9.38 Å². The van der Waals surface area contributed by atoms with Gasteiger partial charge < -0.3 is 23.8 Å². The fraction of sp³-hybridized carbons (Fsp3) is 0.436. The van der Waals surface area contributed by atoms with Crippen molar-refractivity contribution >= 4 is 17.4 Å². The summed E-state index contributed by atoms with van der Waals surface area (Å²) in [6.45, 7) is 13.5. The first-order valence-electron chi connectivity index (χ1n) is 16.8. The van der Waals surface area contributed by atoms with Crippen LogP contribution < -0.4 is 9.64 Å². The van der Waals surface area contributed by atoms with E-state index in [4.69, 9.17) is 23.9 Å². The third-order valence-corrected chi connectivity index (χ3v) is 9.20. The minimum atomic E-state index is -0.985. The SMILES string of the molecule is COC(=O)[C@@H](OC(C)(C)C)c1c(C)cc2nc3cn2c1N1CCC(C)(CC1)OCC=CC[C@H](C)Oc1cc(F)cc(F)c1-c1cccc-3c1. The maximum atomic E-state index is 15.5. The van der Waals surface area contributed by atoms with Gasteiger partial charge in [-0.15, -0.1) is 0 Å². The molecule has 260 valence electrons. The summed E-state index contributed by atoms with van der Waals surface area (Å²) < 4.78 is 56.3. The molecule has 0 unspecified atom stereocenters. The highest BCUT2D eigenvalue weighted by molar-refractivity contribution is 5.82. The highest BCUT2D eigenvalue weighted by Gasteiger charge is 2.37. The predicted molar refractivity (Wildman–Crippen MR) is 186 cm³/mol. The zero-order chi connectivity index (χ0) is 35.1. The van der Waals surface area contributed by atoms with Gasteiger partial charge >= 0.3 is 5.97 Å². The number of ether oxygens (including phenoxy) is 4. The Morgan fingerprint density at radius 2 is 1.82 bits per heavy atom. The second kappa shape index (κ2) is 13.6. The third kappa shape index (κ3) is 7.35. The van der Waals surface area contributed by atoms with Crippen molar-refractivity contribution in [2.75, 3.05) is 31.7 Å². The van der Waals surface area contributed by atoms with Crippen LogP contribution in [0.4, 0.5) is 14.6 Å². The number of halogens is 2. The van der Waals surface area contributed by atoms with Crippen LogP contribution >= 0.6 is 0 Å². The number of esters is 1. The Balaban J connectivity index is 1.57. The van der Waals surface area contributed by atoms with Crippen LogP contribution in [0.2, 0.25) is 0 Å². The molecule has 3 aliphatic rings. The number of hydrogen-bond acceptors (Lipinski definition) is 7. The van der Waals surface area contributed by atoms with Crippen LogP contribution in [0.5, 0.6) is 5.75 Å². The third-order valence-electron chi connectivity index (χ3n) is 9.20. The highest BCUT2D eigenvalue weighted by atomic mass is 19.1. The van der Waals surface area contributed by atoms with E-state index in [9.17, 15) is 9.18 Å². The summed E-state index contributed by atoms with van der Waals surface area (Å²) >= 11 is 0. The van der Waals surface area contributed by atoms with Crippen molar-refractivity contribution in [2.24, 2.45) is 0 Å². The molecular formula is C39H45F2N3O5. The normalized spacial score (nSPS) is 20.6. The van der Waals surface area contributed by atoms with Crippen molar-refractivity contribution in [2.45, 2.75) is 84.2 Å². The number of carbonyl (C=O) groups is 1. The Bertz CT molecular complexity index is 1890. The molecule has 2 aromatic carbocycles. The molecule has 10 heteroatoms. The molecule has 8 nitrogen and oxygen atoms in total. The fourth-order valence-electron chi connectivity index (χ4n) is 6.68. The predicted octanol–water partition coefficient (Wildman–Crippen LogP) is 8.39. The minimum Gasteiger partial charge on any atom is -0.490 e. The maximum Gasteiger partial charge on any atom is 0.339 e. The number of fused-ring (bicyclic) bond motifs is 7. The zero-order valence-corrected chi connectivity index (χ0v) is 29.3. The van der Waals surface area contributed by atoms with E-state index < -0.39 is 29.3 Å². The molecule has 2 aromatic heterocycles. The van der Waals surface area contributed by atoms with Gasteiger partial charge in [-0.2, -0.15) is 0 Å². The summed E-state index contributed by atoms with van der Waals surface area (Å²) in [5.74, 6) is -0.984. The molecular weight excluding hydrogens is 628 g/mol. The van der Waals surface area contributed by atoms with Gasteiger partial charge in [-0.05, 0) is 77.6 Å². The number of aromatic nitrogens is 2. The lowest BCUT2D eigenvalue weighted by molar-refractivity contribution is -0.164. The molecule has 0 spiro atoms. The molecule has 1 saturated heterocycles. The van der Waals surface area contributed by atoms with Crippen molar-refractivity contribution < 1.29 is 32.5 Å². The van der Waals surface area contributed by atoms with Gasteiger partial charge in [0.15, 0.2) is 6.10 Å². The smallest absolute Gasteiger partial charge is 0.339 e. The van der Waals surface area contributed by atoms with Gasteiger partial charge in [-0.25, -0.2) is 18.6 Å². The molecule has 0 N–H and O–H groups in total. The molecule has 6 bridgehead atoms. The van der Waals surface area contributed by atoms with Gasteiger partial charge in [0.05, 0.1) is 42.3 Å². The fourth-order valence-corrected chi connectivity index (χ4v) is 6.68. The number of aryl methyl sites for hydroxylation is 1. The minimum absolute atomic E-state index is 0.129. The number of carbonyl (C=O) groups excluding carboxylic acids is 1. The summed E-state index contributed by atoms with van der Waals surface area (Å²) in [4.78, 5) is 20.7. The van der Waals surface area contributed by atoms with Crippen molar-refractivity contribution in [3.8, 4) is 28.1 Å². The largest absolute Gasteiger partial charge is 0.490 e. The molecule has 0 amide bonds. The number of pyridine rings is 1.